The first-order valence-electron chi connectivity index (χ1n) is 12.9. The van der Waals surface area contributed by atoms with Gasteiger partial charge in [-0.05, 0) is 54.8 Å². The molecule has 0 radical (unpaired) electrons. The molecule has 2 aliphatic rings. The van der Waals surface area contributed by atoms with E-state index in [-0.39, 0.29) is 55.0 Å². The van der Waals surface area contributed by atoms with E-state index in [1.165, 1.54) is 24.3 Å². The molecular weight excluding hydrogens is 568 g/mol. The van der Waals surface area contributed by atoms with E-state index in [0.717, 1.165) is 0 Å². The molecule has 1 fully saturated rings. The molecule has 5 rings (SSSR count). The summed E-state index contributed by atoms with van der Waals surface area (Å²) in [6, 6.07) is 10.6. The van der Waals surface area contributed by atoms with Crippen LogP contribution in [0.15, 0.2) is 54.1 Å². The summed E-state index contributed by atoms with van der Waals surface area (Å²) >= 11 is 0. The number of aliphatic hydroxyl groups excluding tert-OH is 2. The Hall–Kier alpha value is -3.62. The highest BCUT2D eigenvalue weighted by Gasteiger charge is 2.44. The highest BCUT2D eigenvalue weighted by Crippen LogP contribution is 2.42. The molecular formula is C27H28F4N4O5S. The van der Waals surface area contributed by atoms with Crippen LogP contribution in [-0.2, 0) is 16.6 Å². The number of amides is 1. The highest BCUT2D eigenvalue weighted by atomic mass is 32.2. The zero-order valence-corrected chi connectivity index (χ0v) is 22.5. The van der Waals surface area contributed by atoms with E-state index in [1.54, 1.807) is 27.7 Å². The maximum Gasteiger partial charge on any atom is 0.280 e. The van der Waals surface area contributed by atoms with Crippen LogP contribution in [0, 0.1) is 0 Å². The number of hydrogen-bond acceptors (Lipinski definition) is 6. The Bertz CT molecular complexity index is 1630. The number of nitrogens with zero attached hydrogens (tertiary/aromatic N) is 2. The minimum Gasteiger partial charge on any atom is -0.395 e. The number of carbonyl (C=O) groups excluding carboxylic acids is 1. The number of anilines is 3. The van der Waals surface area contributed by atoms with Gasteiger partial charge in [0.05, 0.1) is 46.2 Å². The van der Waals surface area contributed by atoms with Crippen LogP contribution >= 0.6 is 0 Å². The molecule has 41 heavy (non-hydrogen) atoms. The van der Waals surface area contributed by atoms with Gasteiger partial charge in [0.1, 0.15) is 0 Å². The van der Waals surface area contributed by atoms with Crippen molar-refractivity contribution in [2.75, 3.05) is 40.4 Å². The number of carbonyl (C=O) groups is 1. The fourth-order valence-electron chi connectivity index (χ4n) is 5.30. The number of halogens is 4. The summed E-state index contributed by atoms with van der Waals surface area (Å²) in [7, 11) is -3.87. The third-order valence-corrected chi connectivity index (χ3v) is 8.69. The van der Waals surface area contributed by atoms with Gasteiger partial charge in [0.25, 0.3) is 17.9 Å². The van der Waals surface area contributed by atoms with Gasteiger partial charge < -0.3 is 25.0 Å². The van der Waals surface area contributed by atoms with Gasteiger partial charge in [-0.25, -0.2) is 17.2 Å². The third-order valence-electron chi connectivity index (χ3n) is 7.43. The average Bonchev–Trinajstić information content (AvgIpc) is 3.31. The first-order valence-corrected chi connectivity index (χ1v) is 14.6. The number of piperidine rings is 1. The molecule has 3 aromatic rings. The first kappa shape index (κ1) is 28.9. The zero-order valence-electron chi connectivity index (χ0n) is 21.7. The van der Waals surface area contributed by atoms with Crippen molar-refractivity contribution in [2.24, 2.45) is 0 Å². The SMILES string of the molecule is O=C(Nc1cccc2c1cc1n2CCC(F)(F)C1O)c1ccc(NS(=O)(=O)CCO)cc1N1CCC(=C(F)F)CC1. The number of nitrogens with one attached hydrogen (secondary N) is 2. The molecule has 14 heteroatoms. The number of aryl methyl sites for hydroxylation is 1. The predicted molar refractivity (Wildman–Crippen MR) is 146 cm³/mol. The summed E-state index contributed by atoms with van der Waals surface area (Å²) in [5.41, 5.74) is 1.50. The summed E-state index contributed by atoms with van der Waals surface area (Å²) in [4.78, 5) is 15.3. The molecule has 3 heterocycles. The zero-order chi connectivity index (χ0) is 29.5. The molecule has 220 valence electrons. The molecule has 0 saturated carbocycles. The van der Waals surface area contributed by atoms with Gasteiger partial charge in [-0.3, -0.25) is 9.52 Å². The van der Waals surface area contributed by atoms with E-state index in [1.807, 2.05) is 0 Å². The van der Waals surface area contributed by atoms with Crippen molar-refractivity contribution in [3.8, 4) is 0 Å². The van der Waals surface area contributed by atoms with Crippen LogP contribution in [-0.4, -0.2) is 60.5 Å². The van der Waals surface area contributed by atoms with Crippen LogP contribution in [0.5, 0.6) is 0 Å². The number of benzene rings is 2. The number of sulfonamides is 1. The molecule has 0 spiro atoms. The lowest BCUT2D eigenvalue weighted by Crippen LogP contribution is -2.34. The fourth-order valence-corrected chi connectivity index (χ4v) is 6.13. The van der Waals surface area contributed by atoms with Gasteiger partial charge in [0.2, 0.25) is 10.0 Å². The Balaban J connectivity index is 1.49. The molecule has 0 aliphatic carbocycles. The second-order valence-corrected chi connectivity index (χ2v) is 11.9. The van der Waals surface area contributed by atoms with Gasteiger partial charge in [-0.15, -0.1) is 0 Å². The molecule has 1 amide bonds. The topological polar surface area (TPSA) is 124 Å². The van der Waals surface area contributed by atoms with E-state index >= 15 is 0 Å². The summed E-state index contributed by atoms with van der Waals surface area (Å²) in [6.45, 7) is -0.285. The molecule has 1 aromatic heterocycles. The summed E-state index contributed by atoms with van der Waals surface area (Å²) in [6.07, 6.45) is -4.13. The Morgan fingerprint density at radius 1 is 1.07 bits per heavy atom. The quantitative estimate of drug-likeness (QED) is 0.299. The predicted octanol–water partition coefficient (Wildman–Crippen LogP) is 4.45. The van der Waals surface area contributed by atoms with Crippen LogP contribution in [0.1, 0.15) is 41.4 Å². The molecule has 2 aromatic carbocycles. The smallest absolute Gasteiger partial charge is 0.280 e. The number of rotatable bonds is 7. The minimum absolute atomic E-state index is 0.0110. The second kappa shape index (κ2) is 11.0. The first-order chi connectivity index (χ1) is 19.4. The molecule has 4 N–H and O–H groups in total. The fraction of sp³-hybridized carbons (Fsp3) is 0.370. The number of alkyl halides is 2. The van der Waals surface area contributed by atoms with Crippen LogP contribution in [0.25, 0.3) is 10.9 Å². The van der Waals surface area contributed by atoms with E-state index in [4.69, 9.17) is 5.11 Å². The molecule has 0 bridgehead atoms. The van der Waals surface area contributed by atoms with Crippen molar-refractivity contribution in [3.63, 3.8) is 0 Å². The lowest BCUT2D eigenvalue weighted by Gasteiger charge is -2.31. The Morgan fingerprint density at radius 2 is 1.80 bits per heavy atom. The summed E-state index contributed by atoms with van der Waals surface area (Å²) in [5.74, 6) is -4.41. The molecule has 9 nitrogen and oxygen atoms in total. The number of aromatic nitrogens is 1. The summed E-state index contributed by atoms with van der Waals surface area (Å²) in [5, 5.41) is 22.5. The van der Waals surface area contributed by atoms with Gasteiger partial charge in [-0.2, -0.15) is 8.78 Å². The van der Waals surface area contributed by atoms with Crippen molar-refractivity contribution in [3.05, 3.63) is 65.4 Å². The normalized spacial score (nSPS) is 18.7. The third kappa shape index (κ3) is 5.76. The van der Waals surface area contributed by atoms with Gasteiger partial charge in [-0.1, -0.05) is 6.07 Å². The summed E-state index contributed by atoms with van der Waals surface area (Å²) < 4.78 is 83.0. The van der Waals surface area contributed by atoms with E-state index in [2.05, 4.69) is 10.0 Å². The van der Waals surface area contributed by atoms with Crippen LogP contribution < -0.4 is 14.9 Å². The van der Waals surface area contributed by atoms with Crippen LogP contribution in [0.4, 0.5) is 34.6 Å². The lowest BCUT2D eigenvalue weighted by atomic mass is 10.0. The van der Waals surface area contributed by atoms with Crippen molar-refractivity contribution in [1.82, 2.24) is 4.57 Å². The maximum absolute atomic E-state index is 14.2. The Labute approximate surface area is 233 Å². The molecule has 1 atom stereocenters. The van der Waals surface area contributed by atoms with Gasteiger partial charge >= 0.3 is 0 Å². The minimum atomic E-state index is -3.87. The van der Waals surface area contributed by atoms with E-state index in [9.17, 15) is 35.9 Å². The van der Waals surface area contributed by atoms with E-state index < -0.39 is 52.8 Å². The van der Waals surface area contributed by atoms with Gasteiger partial charge in [0, 0.05) is 31.4 Å². The largest absolute Gasteiger partial charge is 0.395 e. The molecule has 2 aliphatic heterocycles. The highest BCUT2D eigenvalue weighted by molar-refractivity contribution is 7.92. The number of aliphatic hydroxyl groups is 2. The molecule has 1 saturated heterocycles. The lowest BCUT2D eigenvalue weighted by molar-refractivity contribution is -0.130. The maximum atomic E-state index is 14.2. The van der Waals surface area contributed by atoms with Crippen LogP contribution in [0.3, 0.4) is 0 Å². The standard InChI is InChI=1S/C27H28F4N4O5S/c28-25(29)16-6-9-34(10-7-16)22-14-17(33-41(39,40)13-12-36)4-5-18(22)26(38)32-20-2-1-3-21-19(20)15-23-24(37)27(30,31)8-11-35(21)23/h1-5,14-15,24,33,36-37H,6-13H2,(H,32,38). The Morgan fingerprint density at radius 3 is 2.49 bits per heavy atom. The van der Waals surface area contributed by atoms with Crippen molar-refractivity contribution < 1.29 is 41.0 Å². The van der Waals surface area contributed by atoms with E-state index in [0.29, 0.717) is 22.3 Å². The van der Waals surface area contributed by atoms with Crippen LogP contribution in [0.2, 0.25) is 0 Å². The average molecular weight is 597 g/mol. The van der Waals surface area contributed by atoms with Crippen molar-refractivity contribution in [1.29, 1.82) is 0 Å². The second-order valence-electron chi connectivity index (χ2n) is 10.1. The number of fused-ring (bicyclic) bond motifs is 3. The van der Waals surface area contributed by atoms with Gasteiger partial charge in [0.15, 0.2) is 6.10 Å². The monoisotopic (exact) mass is 596 g/mol. The van der Waals surface area contributed by atoms with Crippen molar-refractivity contribution >= 4 is 43.9 Å². The Kier molecular flexibility index (Phi) is 7.74. The molecule has 1 unspecified atom stereocenters. The van der Waals surface area contributed by atoms with Crippen molar-refractivity contribution in [2.45, 2.75) is 37.8 Å². The number of hydrogen-bond donors (Lipinski definition) is 4.